The molecule has 0 atom stereocenters. The molecule has 0 aliphatic heterocycles. The molecule has 0 saturated carbocycles. The number of rotatable bonds is 10. The summed E-state index contributed by atoms with van der Waals surface area (Å²) in [4.78, 5) is 14.6. The third kappa shape index (κ3) is 7.37. The standard InChI is InChI=1S/C20H22IO4/c1-15(14-25-24)13-17-7-11-19(12-8-17)21-18-9-5-16(6-10-18)3-2-4-20(22)23/h5-12,24H,1-4,13-14H2,(H,22,23)/q-1. The van der Waals surface area contributed by atoms with Crippen LogP contribution in [0.3, 0.4) is 0 Å². The first kappa shape index (κ1) is 19.6. The molecule has 2 rings (SSSR count). The van der Waals surface area contributed by atoms with Gasteiger partial charge in [0.15, 0.2) is 0 Å². The molecule has 0 unspecified atom stereocenters. The van der Waals surface area contributed by atoms with Gasteiger partial charge < -0.3 is 0 Å². The van der Waals surface area contributed by atoms with Crippen LogP contribution in [0, 0.1) is 7.14 Å². The predicted octanol–water partition coefficient (Wildman–Crippen LogP) is 0.811. The Morgan fingerprint density at radius 3 is 2.08 bits per heavy atom. The molecule has 25 heavy (non-hydrogen) atoms. The molecule has 5 heteroatoms. The van der Waals surface area contributed by atoms with Gasteiger partial charge in [-0.15, -0.1) is 0 Å². The van der Waals surface area contributed by atoms with Gasteiger partial charge in [0.05, 0.1) is 0 Å². The Morgan fingerprint density at radius 2 is 1.56 bits per heavy atom. The van der Waals surface area contributed by atoms with Crippen molar-refractivity contribution in [2.45, 2.75) is 25.7 Å². The summed E-state index contributed by atoms with van der Waals surface area (Å²) in [5.41, 5.74) is 3.18. The molecule has 0 heterocycles. The van der Waals surface area contributed by atoms with E-state index in [2.05, 4.69) is 60.0 Å². The van der Waals surface area contributed by atoms with Crippen molar-refractivity contribution in [1.29, 1.82) is 0 Å². The van der Waals surface area contributed by atoms with E-state index in [4.69, 9.17) is 10.4 Å². The second-order valence-electron chi connectivity index (χ2n) is 5.79. The Labute approximate surface area is 158 Å². The van der Waals surface area contributed by atoms with Crippen molar-refractivity contribution in [2.24, 2.45) is 0 Å². The van der Waals surface area contributed by atoms with E-state index < -0.39 is 5.97 Å². The van der Waals surface area contributed by atoms with Crippen molar-refractivity contribution >= 4 is 5.97 Å². The molecule has 134 valence electrons. The van der Waals surface area contributed by atoms with Gasteiger partial charge in [-0.2, -0.15) is 0 Å². The predicted molar refractivity (Wildman–Crippen MR) is 92.3 cm³/mol. The monoisotopic (exact) mass is 453 g/mol. The molecular weight excluding hydrogens is 431 g/mol. The quantitative estimate of drug-likeness (QED) is 0.242. The summed E-state index contributed by atoms with van der Waals surface area (Å²) in [6.07, 6.45) is 2.40. The van der Waals surface area contributed by atoms with Crippen LogP contribution in [-0.2, 0) is 22.5 Å². The number of halogens is 1. The summed E-state index contributed by atoms with van der Waals surface area (Å²) >= 11 is -0.230. The number of benzene rings is 2. The molecule has 0 spiro atoms. The average Bonchev–Trinajstić information content (AvgIpc) is 2.58. The first-order valence-corrected chi connectivity index (χ1v) is 10.2. The Kier molecular flexibility index (Phi) is 8.11. The zero-order valence-electron chi connectivity index (χ0n) is 14.0. The van der Waals surface area contributed by atoms with Crippen LogP contribution in [0.1, 0.15) is 24.0 Å². The van der Waals surface area contributed by atoms with Crippen LogP contribution in [0.5, 0.6) is 0 Å². The first-order chi connectivity index (χ1) is 12.1. The summed E-state index contributed by atoms with van der Waals surface area (Å²) in [6, 6.07) is 17.0. The SMILES string of the molecule is C=C(COO)Cc1ccc([I-]c2ccc(CCCC(=O)O)cc2)cc1. The molecule has 0 amide bonds. The Hall–Kier alpha value is -1.70. The number of carbonyl (C=O) groups is 1. The van der Waals surface area contributed by atoms with E-state index in [9.17, 15) is 4.79 Å². The molecule has 2 aromatic rings. The molecular formula is C20H22IO4-. The van der Waals surface area contributed by atoms with Crippen molar-refractivity contribution in [3.63, 3.8) is 0 Å². The Morgan fingerprint density at radius 1 is 1.00 bits per heavy atom. The van der Waals surface area contributed by atoms with Gasteiger partial charge in [-0.25, -0.2) is 0 Å². The van der Waals surface area contributed by atoms with Gasteiger partial charge in [-0.05, 0) is 0 Å². The normalized spacial score (nSPS) is 10.8. The second kappa shape index (κ2) is 10.3. The fourth-order valence-electron chi connectivity index (χ4n) is 2.38. The fourth-order valence-corrected chi connectivity index (χ4v) is 4.54. The minimum absolute atomic E-state index is 0.160. The van der Waals surface area contributed by atoms with Crippen molar-refractivity contribution in [2.75, 3.05) is 6.61 Å². The zero-order valence-corrected chi connectivity index (χ0v) is 16.1. The van der Waals surface area contributed by atoms with Crippen molar-refractivity contribution < 1.29 is 41.3 Å². The number of hydrogen-bond donors (Lipinski definition) is 2. The number of carboxylic acids is 1. The molecule has 0 saturated heterocycles. The van der Waals surface area contributed by atoms with Gasteiger partial charge in [0.25, 0.3) is 0 Å². The van der Waals surface area contributed by atoms with Crippen LogP contribution >= 0.6 is 0 Å². The maximum absolute atomic E-state index is 10.5. The second-order valence-corrected chi connectivity index (χ2v) is 8.83. The Bertz CT molecular complexity index is 693. The van der Waals surface area contributed by atoms with Gasteiger partial charge in [-0.3, -0.25) is 0 Å². The average molecular weight is 453 g/mol. The number of aliphatic carboxylic acids is 1. The number of aryl methyl sites for hydroxylation is 1. The van der Waals surface area contributed by atoms with Crippen LogP contribution in [0.15, 0.2) is 60.7 Å². The molecule has 0 aliphatic rings. The van der Waals surface area contributed by atoms with Crippen LogP contribution < -0.4 is 21.2 Å². The Balaban J connectivity index is 1.87. The van der Waals surface area contributed by atoms with E-state index in [-0.39, 0.29) is 34.2 Å². The fraction of sp³-hybridized carbons (Fsp3) is 0.250. The molecule has 0 aromatic heterocycles. The van der Waals surface area contributed by atoms with Gasteiger partial charge in [0.1, 0.15) is 0 Å². The molecule has 0 radical (unpaired) electrons. The van der Waals surface area contributed by atoms with Gasteiger partial charge >= 0.3 is 158 Å². The van der Waals surface area contributed by atoms with Crippen LogP contribution in [0.2, 0.25) is 0 Å². The van der Waals surface area contributed by atoms with E-state index in [1.807, 2.05) is 0 Å². The molecule has 0 bridgehead atoms. The van der Waals surface area contributed by atoms with Crippen LogP contribution in [-0.4, -0.2) is 22.9 Å². The van der Waals surface area contributed by atoms with E-state index >= 15 is 0 Å². The minimum atomic E-state index is -0.738. The molecule has 0 aliphatic carbocycles. The van der Waals surface area contributed by atoms with E-state index in [0.29, 0.717) is 12.8 Å². The molecule has 2 N–H and O–H groups in total. The maximum atomic E-state index is 10.5. The molecule has 4 nitrogen and oxygen atoms in total. The molecule has 0 fully saturated rings. The van der Waals surface area contributed by atoms with Crippen molar-refractivity contribution in [1.82, 2.24) is 0 Å². The summed E-state index contributed by atoms with van der Waals surface area (Å²) < 4.78 is 2.68. The van der Waals surface area contributed by atoms with Crippen molar-refractivity contribution in [3.05, 3.63) is 79.0 Å². The van der Waals surface area contributed by atoms with Gasteiger partial charge in [-0.1, -0.05) is 0 Å². The third-order valence-corrected chi connectivity index (χ3v) is 6.31. The van der Waals surface area contributed by atoms with Gasteiger partial charge in [0.2, 0.25) is 0 Å². The van der Waals surface area contributed by atoms with E-state index in [1.54, 1.807) is 0 Å². The van der Waals surface area contributed by atoms with Crippen LogP contribution in [0.25, 0.3) is 0 Å². The van der Waals surface area contributed by atoms with Gasteiger partial charge in [0, 0.05) is 0 Å². The summed E-state index contributed by atoms with van der Waals surface area (Å²) in [5.74, 6) is -0.738. The van der Waals surface area contributed by atoms with Crippen molar-refractivity contribution in [3.8, 4) is 0 Å². The van der Waals surface area contributed by atoms with E-state index in [0.717, 1.165) is 17.6 Å². The third-order valence-electron chi connectivity index (χ3n) is 3.62. The topological polar surface area (TPSA) is 66.8 Å². The summed E-state index contributed by atoms with van der Waals surface area (Å²) in [6.45, 7) is 4.02. The van der Waals surface area contributed by atoms with E-state index in [1.165, 1.54) is 12.7 Å². The summed E-state index contributed by atoms with van der Waals surface area (Å²) in [5, 5.41) is 17.1. The number of hydrogen-bond acceptors (Lipinski definition) is 3. The zero-order chi connectivity index (χ0) is 18.1. The number of carboxylic acid groups (broad SMARTS) is 1. The first-order valence-electron chi connectivity index (χ1n) is 8.04. The van der Waals surface area contributed by atoms with Crippen LogP contribution in [0.4, 0.5) is 0 Å². The molecule has 2 aromatic carbocycles. The summed E-state index contributed by atoms with van der Waals surface area (Å²) in [7, 11) is 0.